The third-order valence-electron chi connectivity index (χ3n) is 20.6. The van der Waals surface area contributed by atoms with Crippen LogP contribution in [0.15, 0.2) is 23.3 Å². The molecule has 0 aromatic rings. The molecule has 11 N–H and O–H groups in total. The molecular formula is C54H86O20. The van der Waals surface area contributed by atoms with Gasteiger partial charge in [-0.15, -0.1) is 0 Å². The standard InChI is InChI=1S/C54H86O20/c1-11-24(2)45(67)72-34-21-49(4,5)19-27-26-12-13-31-51(8)16-15-33(73-48-43(66)44(38(61)28(70-48)18-35(57)58)74-47-42(65)40(63)37(60)29(22-55)71-47)50(6,7)30(51)14-17-52(31,9)53(26,10)20-32(56)54(27,34)23-68-46-41(64)39(62)36(59)25(3)69-46/h11-12,25,27-34,36-44,46-48,55-56,59-66H,13-23H2,1-10H3,(H,57,58)/b24-11+/t25-,27-,28+,29+,30-,31+,32-,33-,34-,36-,37+,38+,39+,40-,41+,42+,43+,44-,46+,47-,48-,51-,52+,53+,54-/m0/s1. The van der Waals surface area contributed by atoms with Crippen LogP contribution in [0.25, 0.3) is 0 Å². The third-order valence-corrected chi connectivity index (χ3v) is 20.6. The summed E-state index contributed by atoms with van der Waals surface area (Å²) in [6, 6.07) is 0. The van der Waals surface area contributed by atoms with Crippen molar-refractivity contribution < 1.29 is 98.9 Å². The van der Waals surface area contributed by atoms with Crippen molar-refractivity contribution in [2.24, 2.45) is 50.2 Å². The van der Waals surface area contributed by atoms with Gasteiger partial charge >= 0.3 is 11.9 Å². The number of carboxylic acids is 1. The number of carbonyl (C=O) groups is 2. The van der Waals surface area contributed by atoms with Gasteiger partial charge in [0.15, 0.2) is 18.9 Å². The Labute approximate surface area is 434 Å². The fraction of sp³-hybridized carbons (Fsp3) is 0.889. The highest BCUT2D eigenvalue weighted by molar-refractivity contribution is 5.87. The monoisotopic (exact) mass is 1050 g/mol. The van der Waals surface area contributed by atoms with Gasteiger partial charge in [-0.05, 0) is 117 Å². The molecule has 0 amide bonds. The Hall–Kier alpha value is -2.22. The first-order chi connectivity index (χ1) is 34.4. The Balaban J connectivity index is 1.08. The van der Waals surface area contributed by atoms with Crippen LogP contribution < -0.4 is 0 Å². The molecule has 8 aliphatic rings. The van der Waals surface area contributed by atoms with Crippen molar-refractivity contribution in [1.29, 1.82) is 0 Å². The maximum atomic E-state index is 13.8. The van der Waals surface area contributed by atoms with Gasteiger partial charge in [-0.2, -0.15) is 0 Å². The highest BCUT2D eigenvalue weighted by atomic mass is 16.7. The van der Waals surface area contributed by atoms with Crippen molar-refractivity contribution in [3.05, 3.63) is 23.3 Å². The smallest absolute Gasteiger partial charge is 0.333 e. The van der Waals surface area contributed by atoms with Crippen LogP contribution in [0.5, 0.6) is 0 Å². The molecule has 422 valence electrons. The Morgan fingerprint density at radius 2 is 1.35 bits per heavy atom. The molecule has 0 unspecified atom stereocenters. The molecule has 8 rings (SSSR count). The minimum absolute atomic E-state index is 0.0548. The molecule has 5 aliphatic carbocycles. The van der Waals surface area contributed by atoms with E-state index in [1.165, 1.54) is 5.57 Å². The minimum Gasteiger partial charge on any atom is -0.481 e. The topological polar surface area (TPSA) is 321 Å². The first-order valence-electron chi connectivity index (χ1n) is 26.8. The Kier molecular flexibility index (Phi) is 16.3. The van der Waals surface area contributed by atoms with Gasteiger partial charge in [-0.3, -0.25) is 4.79 Å². The fourth-order valence-corrected chi connectivity index (χ4v) is 16.0. The second kappa shape index (κ2) is 20.8. The van der Waals surface area contributed by atoms with E-state index < -0.39 is 152 Å². The summed E-state index contributed by atoms with van der Waals surface area (Å²) in [5.41, 5.74) is -1.71. The first-order valence-corrected chi connectivity index (χ1v) is 26.8. The molecule has 25 atom stereocenters. The molecule has 74 heavy (non-hydrogen) atoms. The predicted octanol–water partition coefficient (Wildman–Crippen LogP) is 1.58. The summed E-state index contributed by atoms with van der Waals surface area (Å²) in [4.78, 5) is 25.8. The highest BCUT2D eigenvalue weighted by Gasteiger charge is 2.72. The number of ether oxygens (including phenoxy) is 7. The van der Waals surface area contributed by atoms with E-state index in [1.807, 2.05) is 0 Å². The van der Waals surface area contributed by atoms with E-state index in [0.717, 1.165) is 12.8 Å². The molecule has 3 heterocycles. The number of fused-ring (bicyclic) bond motifs is 7. The second-order valence-electron chi connectivity index (χ2n) is 25.5. The van der Waals surface area contributed by atoms with Crippen LogP contribution in [0.3, 0.4) is 0 Å². The van der Waals surface area contributed by atoms with Gasteiger partial charge in [0.25, 0.3) is 0 Å². The average Bonchev–Trinajstić information content (AvgIpc) is 3.32. The largest absolute Gasteiger partial charge is 0.481 e. The van der Waals surface area contributed by atoms with E-state index >= 15 is 0 Å². The maximum absolute atomic E-state index is 13.8. The van der Waals surface area contributed by atoms with Crippen LogP contribution >= 0.6 is 0 Å². The summed E-state index contributed by atoms with van der Waals surface area (Å²) < 4.78 is 43.0. The van der Waals surface area contributed by atoms with Gasteiger partial charge in [0.2, 0.25) is 0 Å². The van der Waals surface area contributed by atoms with E-state index in [-0.39, 0.29) is 40.6 Å². The van der Waals surface area contributed by atoms with Crippen molar-refractivity contribution in [3.8, 4) is 0 Å². The number of esters is 1. The SMILES string of the molecule is C/C=C(\C)C(=O)O[C@H]1CC(C)(C)C[C@H]2C3=CC[C@@H]4[C@@]5(C)CC[C@H](O[C@@H]6O[C@H](CC(=O)O)[C@@H](O)[C@H](O[C@@H]7O[C@H](CO)[C@@H](O)[C@H](O)[C@H]7O)[C@H]6O)C(C)(C)[C@@H]5CC[C@@]4(C)[C@]3(C)C[C@H](O)[C@@]12CO[C@@H]1O[C@@H](C)[C@H](O)[C@@H](O)[C@H]1O. The summed E-state index contributed by atoms with van der Waals surface area (Å²) in [6.07, 6.45) is -17.5. The van der Waals surface area contributed by atoms with Crippen LogP contribution in [0.2, 0.25) is 0 Å². The summed E-state index contributed by atoms with van der Waals surface area (Å²) in [7, 11) is 0. The number of allylic oxidation sites excluding steroid dienone is 3. The van der Waals surface area contributed by atoms with Crippen molar-refractivity contribution in [2.45, 2.75) is 237 Å². The molecule has 0 aromatic carbocycles. The predicted molar refractivity (Wildman–Crippen MR) is 260 cm³/mol. The van der Waals surface area contributed by atoms with E-state index in [1.54, 1.807) is 26.8 Å². The van der Waals surface area contributed by atoms with Crippen LogP contribution in [0, 0.1) is 50.2 Å². The van der Waals surface area contributed by atoms with Crippen molar-refractivity contribution in [1.82, 2.24) is 0 Å². The minimum atomic E-state index is -1.86. The van der Waals surface area contributed by atoms with Crippen LogP contribution in [-0.2, 0) is 42.7 Å². The van der Waals surface area contributed by atoms with Crippen molar-refractivity contribution in [2.75, 3.05) is 13.2 Å². The van der Waals surface area contributed by atoms with Gasteiger partial charge in [0.05, 0.1) is 49.5 Å². The van der Waals surface area contributed by atoms with Crippen LogP contribution in [-0.4, -0.2) is 192 Å². The molecule has 0 radical (unpaired) electrons. The lowest BCUT2D eigenvalue weighted by Gasteiger charge is -2.72. The lowest BCUT2D eigenvalue weighted by Crippen LogP contribution is -2.70. The normalized spacial score (nSPS) is 51.1. The Morgan fingerprint density at radius 1 is 0.716 bits per heavy atom. The van der Waals surface area contributed by atoms with Crippen LogP contribution in [0.1, 0.15) is 127 Å². The van der Waals surface area contributed by atoms with Gasteiger partial charge in [0.1, 0.15) is 67.1 Å². The Morgan fingerprint density at radius 3 is 2.00 bits per heavy atom. The quantitative estimate of drug-likeness (QED) is 0.0572. The zero-order valence-electron chi connectivity index (χ0n) is 44.7. The van der Waals surface area contributed by atoms with Gasteiger partial charge in [-0.25, -0.2) is 4.79 Å². The number of hydrogen-bond donors (Lipinski definition) is 11. The van der Waals surface area contributed by atoms with Crippen molar-refractivity contribution >= 4 is 11.9 Å². The first kappa shape index (κ1) is 57.9. The van der Waals surface area contributed by atoms with Crippen LogP contribution in [0.4, 0.5) is 0 Å². The van der Waals surface area contributed by atoms with E-state index in [4.69, 9.17) is 33.2 Å². The number of aliphatic hydroxyl groups is 10. The number of hydrogen-bond acceptors (Lipinski definition) is 19. The molecular weight excluding hydrogens is 969 g/mol. The molecule has 0 bridgehead atoms. The summed E-state index contributed by atoms with van der Waals surface area (Å²) in [6.45, 7) is 19.6. The molecule has 20 nitrogen and oxygen atoms in total. The zero-order chi connectivity index (χ0) is 54.6. The lowest BCUT2D eigenvalue weighted by molar-refractivity contribution is -0.368. The summed E-state index contributed by atoms with van der Waals surface area (Å²) in [5, 5.41) is 120. The highest BCUT2D eigenvalue weighted by Crippen LogP contribution is 2.76. The summed E-state index contributed by atoms with van der Waals surface area (Å²) in [5.74, 6) is -1.99. The molecule has 0 spiro atoms. The Bertz CT molecular complexity index is 2110. The zero-order valence-corrected chi connectivity index (χ0v) is 44.7. The summed E-state index contributed by atoms with van der Waals surface area (Å²) >= 11 is 0. The molecule has 0 aromatic heterocycles. The van der Waals surface area contributed by atoms with Gasteiger partial charge < -0.3 is 89.3 Å². The molecule has 7 fully saturated rings. The van der Waals surface area contributed by atoms with E-state index in [0.29, 0.717) is 44.1 Å². The lowest BCUT2D eigenvalue weighted by atomic mass is 9.33. The molecule has 3 saturated heterocycles. The number of aliphatic hydroxyl groups excluding tert-OH is 10. The number of carboxylic acid groups (broad SMARTS) is 1. The van der Waals surface area contributed by atoms with E-state index in [9.17, 15) is 65.8 Å². The number of rotatable bonds is 12. The average molecular weight is 1060 g/mol. The molecule has 20 heteroatoms. The van der Waals surface area contributed by atoms with Crippen molar-refractivity contribution in [3.63, 3.8) is 0 Å². The number of carbonyl (C=O) groups excluding carboxylic acids is 1. The van der Waals surface area contributed by atoms with E-state index in [2.05, 4.69) is 54.5 Å². The van der Waals surface area contributed by atoms with Gasteiger partial charge in [-0.1, -0.05) is 66.2 Å². The second-order valence-corrected chi connectivity index (χ2v) is 25.5. The molecule has 3 aliphatic heterocycles. The maximum Gasteiger partial charge on any atom is 0.333 e. The molecule has 4 saturated carbocycles. The third kappa shape index (κ3) is 9.46. The fourth-order valence-electron chi connectivity index (χ4n) is 16.0. The number of aliphatic carboxylic acids is 1. The van der Waals surface area contributed by atoms with Gasteiger partial charge in [0, 0.05) is 5.57 Å².